The summed E-state index contributed by atoms with van der Waals surface area (Å²) in [6.07, 6.45) is 2.13. The lowest BCUT2D eigenvalue weighted by Gasteiger charge is -2.34. The molecule has 166 valence electrons. The summed E-state index contributed by atoms with van der Waals surface area (Å²) >= 11 is 6.17. The lowest BCUT2D eigenvalue weighted by Crippen LogP contribution is -2.51. The first-order valence-electron chi connectivity index (χ1n) is 9.71. The third-order valence-electron chi connectivity index (χ3n) is 4.74. The fourth-order valence-electron chi connectivity index (χ4n) is 3.16. The molecule has 1 aromatic rings. The standard InChI is InChI=1S/C20H32ClFN4OS.HI/c1-20(2,3)28(27)11-9-24-19(23-4)25-17-6-5-10-26(14-17)13-15-7-8-16(22)12-18(15)21;/h7-8,12,17H,5-6,9-11,13-14H2,1-4H3,(H2,23,24,25);1H. The second-order valence-electron chi connectivity index (χ2n) is 8.12. The number of nitrogens with one attached hydrogen (secondary N) is 2. The molecule has 0 spiro atoms. The van der Waals surface area contributed by atoms with E-state index < -0.39 is 10.8 Å². The minimum absolute atomic E-state index is 0. The van der Waals surface area contributed by atoms with Gasteiger partial charge in [-0.1, -0.05) is 17.7 Å². The van der Waals surface area contributed by atoms with Crippen molar-refractivity contribution in [3.8, 4) is 0 Å². The Bertz CT molecular complexity index is 714. The maximum atomic E-state index is 13.2. The molecule has 2 N–H and O–H groups in total. The summed E-state index contributed by atoms with van der Waals surface area (Å²) in [6, 6.07) is 4.84. The average Bonchev–Trinajstić information content (AvgIpc) is 2.62. The molecule has 0 bridgehead atoms. The van der Waals surface area contributed by atoms with Crippen LogP contribution in [-0.4, -0.2) is 58.3 Å². The normalized spacial score (nSPS) is 19.4. The molecule has 9 heteroatoms. The molecule has 0 aliphatic carbocycles. The van der Waals surface area contributed by atoms with Crippen LogP contribution in [0.25, 0.3) is 0 Å². The summed E-state index contributed by atoms with van der Waals surface area (Å²) < 4.78 is 25.2. The van der Waals surface area contributed by atoms with Gasteiger partial charge in [0.2, 0.25) is 0 Å². The molecule has 1 aromatic carbocycles. The number of nitrogens with zero attached hydrogens (tertiary/aromatic N) is 2. The van der Waals surface area contributed by atoms with Gasteiger partial charge in [-0.3, -0.25) is 14.1 Å². The Morgan fingerprint density at radius 3 is 2.76 bits per heavy atom. The first kappa shape index (κ1) is 26.6. The van der Waals surface area contributed by atoms with E-state index >= 15 is 0 Å². The van der Waals surface area contributed by atoms with Crippen LogP contribution in [-0.2, 0) is 17.3 Å². The summed E-state index contributed by atoms with van der Waals surface area (Å²) in [5.41, 5.74) is 0.941. The number of likely N-dealkylation sites (tertiary alicyclic amines) is 1. The fourth-order valence-corrected chi connectivity index (χ4v) is 4.29. The highest BCUT2D eigenvalue weighted by atomic mass is 127. The summed E-state index contributed by atoms with van der Waals surface area (Å²) in [6.45, 7) is 9.13. The minimum Gasteiger partial charge on any atom is -0.355 e. The molecule has 1 aliphatic heterocycles. The second-order valence-corrected chi connectivity index (χ2v) is 10.8. The SMILES string of the molecule is CN=C(NCCS(=O)C(C)(C)C)NC1CCCN(Cc2ccc(F)cc2Cl)C1.I. The Hall–Kier alpha value is -0.450. The van der Waals surface area contributed by atoms with Crippen LogP contribution in [0.1, 0.15) is 39.2 Å². The highest BCUT2D eigenvalue weighted by Gasteiger charge is 2.22. The van der Waals surface area contributed by atoms with Crippen molar-refractivity contribution in [3.63, 3.8) is 0 Å². The van der Waals surface area contributed by atoms with Crippen molar-refractivity contribution in [2.75, 3.05) is 32.4 Å². The molecule has 2 unspecified atom stereocenters. The third-order valence-corrected chi connectivity index (χ3v) is 7.03. The lowest BCUT2D eigenvalue weighted by molar-refractivity contribution is 0.192. The summed E-state index contributed by atoms with van der Waals surface area (Å²) in [4.78, 5) is 6.61. The molecule has 2 atom stereocenters. The van der Waals surface area contributed by atoms with Gasteiger partial charge in [-0.05, 0) is 57.9 Å². The zero-order valence-electron chi connectivity index (χ0n) is 17.6. The van der Waals surface area contributed by atoms with E-state index in [9.17, 15) is 8.60 Å². The molecule has 29 heavy (non-hydrogen) atoms. The molecule has 0 radical (unpaired) electrons. The molecular formula is C20H33ClFIN4OS. The largest absolute Gasteiger partial charge is 0.355 e. The number of hydrogen-bond donors (Lipinski definition) is 2. The van der Waals surface area contributed by atoms with Crippen molar-refractivity contribution >= 4 is 52.3 Å². The molecule has 0 amide bonds. The van der Waals surface area contributed by atoms with Crippen molar-refractivity contribution in [1.82, 2.24) is 15.5 Å². The van der Waals surface area contributed by atoms with Crippen LogP contribution in [0.3, 0.4) is 0 Å². The Morgan fingerprint density at radius 2 is 2.14 bits per heavy atom. The quantitative estimate of drug-likeness (QED) is 0.317. The van der Waals surface area contributed by atoms with Gasteiger partial charge >= 0.3 is 0 Å². The number of rotatable bonds is 6. The number of piperidine rings is 1. The van der Waals surface area contributed by atoms with Crippen molar-refractivity contribution in [1.29, 1.82) is 0 Å². The molecule has 5 nitrogen and oxygen atoms in total. The highest BCUT2D eigenvalue weighted by molar-refractivity contribution is 14.0. The number of halogens is 3. The van der Waals surface area contributed by atoms with Crippen LogP contribution < -0.4 is 10.6 Å². The van der Waals surface area contributed by atoms with Crippen LogP contribution in [0.5, 0.6) is 0 Å². The van der Waals surface area contributed by atoms with E-state index in [0.29, 0.717) is 23.9 Å². The molecule has 1 fully saturated rings. The molecule has 1 saturated heterocycles. The number of aliphatic imine (C=N–C) groups is 1. The van der Waals surface area contributed by atoms with Crippen molar-refractivity contribution < 1.29 is 8.60 Å². The van der Waals surface area contributed by atoms with Crippen molar-refractivity contribution in [3.05, 3.63) is 34.6 Å². The van der Waals surface area contributed by atoms with Gasteiger partial charge in [0.1, 0.15) is 5.82 Å². The Labute approximate surface area is 198 Å². The van der Waals surface area contributed by atoms with Gasteiger partial charge in [0, 0.05) is 59.0 Å². The first-order valence-corrected chi connectivity index (χ1v) is 11.4. The van der Waals surface area contributed by atoms with Gasteiger partial charge in [-0.2, -0.15) is 0 Å². The predicted molar refractivity (Wildman–Crippen MR) is 132 cm³/mol. The number of hydrogen-bond acceptors (Lipinski definition) is 3. The minimum atomic E-state index is -0.888. The molecule has 1 aliphatic rings. The van der Waals surface area contributed by atoms with E-state index in [4.69, 9.17) is 11.6 Å². The maximum Gasteiger partial charge on any atom is 0.191 e. The molecule has 0 aromatic heterocycles. The van der Waals surface area contributed by atoms with E-state index in [2.05, 4.69) is 20.5 Å². The van der Waals surface area contributed by atoms with E-state index in [1.54, 1.807) is 13.1 Å². The molecule has 2 rings (SSSR count). The van der Waals surface area contributed by atoms with E-state index in [-0.39, 0.29) is 40.6 Å². The Balaban J connectivity index is 0.00000420. The van der Waals surface area contributed by atoms with Crippen LogP contribution in [0.2, 0.25) is 5.02 Å². The van der Waals surface area contributed by atoms with Crippen LogP contribution >= 0.6 is 35.6 Å². The Kier molecular flexibility index (Phi) is 11.4. The van der Waals surface area contributed by atoms with Gasteiger partial charge in [0.05, 0.1) is 0 Å². The van der Waals surface area contributed by atoms with Gasteiger partial charge in [0.25, 0.3) is 0 Å². The van der Waals surface area contributed by atoms with E-state index in [1.807, 2.05) is 20.8 Å². The monoisotopic (exact) mass is 558 g/mol. The molecular weight excluding hydrogens is 526 g/mol. The smallest absolute Gasteiger partial charge is 0.191 e. The summed E-state index contributed by atoms with van der Waals surface area (Å²) in [5, 5.41) is 7.20. The average molecular weight is 559 g/mol. The molecule has 1 heterocycles. The molecule has 0 saturated carbocycles. The highest BCUT2D eigenvalue weighted by Crippen LogP contribution is 2.21. The van der Waals surface area contributed by atoms with Gasteiger partial charge in [-0.15, -0.1) is 24.0 Å². The third kappa shape index (κ3) is 9.06. The fraction of sp³-hybridized carbons (Fsp3) is 0.650. The van der Waals surface area contributed by atoms with Crippen molar-refractivity contribution in [2.24, 2.45) is 4.99 Å². The van der Waals surface area contributed by atoms with Gasteiger partial charge < -0.3 is 10.6 Å². The van der Waals surface area contributed by atoms with Crippen LogP contribution in [0, 0.1) is 5.82 Å². The predicted octanol–water partition coefficient (Wildman–Crippen LogP) is 3.77. The van der Waals surface area contributed by atoms with Gasteiger partial charge in [0.15, 0.2) is 5.96 Å². The van der Waals surface area contributed by atoms with E-state index in [1.165, 1.54) is 12.1 Å². The lowest BCUT2D eigenvalue weighted by atomic mass is 10.0. The van der Waals surface area contributed by atoms with Crippen molar-refractivity contribution in [2.45, 2.75) is 50.9 Å². The van der Waals surface area contributed by atoms with Crippen LogP contribution in [0.4, 0.5) is 4.39 Å². The topological polar surface area (TPSA) is 56.7 Å². The summed E-state index contributed by atoms with van der Waals surface area (Å²) in [5.74, 6) is 1.01. The first-order chi connectivity index (χ1) is 13.2. The van der Waals surface area contributed by atoms with Crippen LogP contribution in [0.15, 0.2) is 23.2 Å². The van der Waals surface area contributed by atoms with Gasteiger partial charge in [-0.25, -0.2) is 4.39 Å². The summed E-state index contributed by atoms with van der Waals surface area (Å²) in [7, 11) is 0.857. The number of guanidine groups is 1. The second kappa shape index (κ2) is 12.4. The van der Waals surface area contributed by atoms with E-state index in [0.717, 1.165) is 37.5 Å². The zero-order chi connectivity index (χ0) is 20.7. The zero-order valence-corrected chi connectivity index (χ0v) is 21.5. The Morgan fingerprint density at radius 1 is 1.41 bits per heavy atom. The maximum absolute atomic E-state index is 13.2. The number of benzene rings is 1.